The average Bonchev–Trinajstić information content (AvgIpc) is 2.59. The van der Waals surface area contributed by atoms with Gasteiger partial charge in [0.05, 0.1) is 18.0 Å². The van der Waals surface area contributed by atoms with Gasteiger partial charge in [0.2, 0.25) is 0 Å². The number of hydrogen-bond donors (Lipinski definition) is 2. The van der Waals surface area contributed by atoms with E-state index in [2.05, 4.69) is 10.6 Å². The van der Waals surface area contributed by atoms with Gasteiger partial charge in [-0.15, -0.1) is 0 Å². The molecule has 2 N–H and O–H groups in total. The van der Waals surface area contributed by atoms with E-state index in [0.29, 0.717) is 17.8 Å². The highest BCUT2D eigenvalue weighted by atomic mass is 16.5. The van der Waals surface area contributed by atoms with Gasteiger partial charge in [0.1, 0.15) is 11.8 Å². The van der Waals surface area contributed by atoms with Gasteiger partial charge in [-0.2, -0.15) is 5.26 Å². The number of carbonyl (C=O) groups excluding carboxylic acids is 2. The molecule has 120 valence electrons. The Bertz CT molecular complexity index is 909. The van der Waals surface area contributed by atoms with Crippen LogP contribution in [-0.2, 0) is 14.3 Å². The van der Waals surface area contributed by atoms with Crippen molar-refractivity contribution in [1.82, 2.24) is 0 Å². The molecule has 0 saturated heterocycles. The zero-order chi connectivity index (χ0) is 17.1. The minimum Gasteiger partial charge on any atom is -0.462 e. The average molecular weight is 321 g/mol. The Hall–Kier alpha value is -3.33. The zero-order valence-corrected chi connectivity index (χ0v) is 13.1. The number of ether oxygens (including phenoxy) is 1. The largest absolute Gasteiger partial charge is 0.462 e. The van der Waals surface area contributed by atoms with Gasteiger partial charge in [-0.1, -0.05) is 31.2 Å². The maximum Gasteiger partial charge on any atom is 0.351 e. The second-order valence-electron chi connectivity index (χ2n) is 5.32. The molecule has 0 aliphatic carbocycles. The van der Waals surface area contributed by atoms with E-state index in [1.807, 2.05) is 43.3 Å². The lowest BCUT2D eigenvalue weighted by atomic mass is 10.1. The van der Waals surface area contributed by atoms with Crippen molar-refractivity contribution in [2.75, 3.05) is 17.2 Å². The molecule has 0 bridgehead atoms. The Morgan fingerprint density at radius 2 is 1.79 bits per heavy atom. The SMILES string of the molecule is CCCOC(=O)/C(C#N)=C1\Nc2cc3ccccc3cc2NC1=O. The van der Waals surface area contributed by atoms with E-state index in [-0.39, 0.29) is 17.9 Å². The number of carbonyl (C=O) groups is 2. The number of esters is 1. The Morgan fingerprint density at radius 1 is 1.17 bits per heavy atom. The van der Waals surface area contributed by atoms with Crippen molar-refractivity contribution in [3.63, 3.8) is 0 Å². The van der Waals surface area contributed by atoms with Crippen LogP contribution in [0, 0.1) is 11.3 Å². The fourth-order valence-corrected chi connectivity index (χ4v) is 2.47. The predicted octanol–water partition coefficient (Wildman–Crippen LogP) is 2.93. The van der Waals surface area contributed by atoms with Crippen LogP contribution in [0.5, 0.6) is 0 Å². The molecular formula is C18H15N3O3. The van der Waals surface area contributed by atoms with Crippen molar-refractivity contribution in [3.8, 4) is 6.07 Å². The molecule has 1 aliphatic rings. The molecule has 0 fully saturated rings. The van der Waals surface area contributed by atoms with Crippen LogP contribution in [0.4, 0.5) is 11.4 Å². The fourth-order valence-electron chi connectivity index (χ4n) is 2.47. The number of hydrogen-bond acceptors (Lipinski definition) is 5. The lowest BCUT2D eigenvalue weighted by Crippen LogP contribution is -2.29. The zero-order valence-electron chi connectivity index (χ0n) is 13.1. The predicted molar refractivity (Wildman–Crippen MR) is 90.1 cm³/mol. The summed E-state index contributed by atoms with van der Waals surface area (Å²) in [7, 11) is 0. The molecule has 0 spiro atoms. The molecule has 24 heavy (non-hydrogen) atoms. The molecule has 2 aromatic carbocycles. The lowest BCUT2D eigenvalue weighted by molar-refractivity contribution is -0.138. The van der Waals surface area contributed by atoms with Crippen LogP contribution in [0.3, 0.4) is 0 Å². The number of amides is 1. The van der Waals surface area contributed by atoms with E-state index in [1.165, 1.54) is 0 Å². The summed E-state index contributed by atoms with van der Waals surface area (Å²) in [5, 5.41) is 16.8. The number of nitrogens with zero attached hydrogens (tertiary/aromatic N) is 1. The maximum atomic E-state index is 12.3. The monoisotopic (exact) mass is 321 g/mol. The molecular weight excluding hydrogens is 306 g/mol. The summed E-state index contributed by atoms with van der Waals surface area (Å²) in [5.74, 6) is -1.34. The van der Waals surface area contributed by atoms with Crippen LogP contribution in [0.25, 0.3) is 10.8 Å². The van der Waals surface area contributed by atoms with E-state index in [1.54, 1.807) is 6.07 Å². The molecule has 6 heteroatoms. The van der Waals surface area contributed by atoms with Crippen LogP contribution < -0.4 is 10.6 Å². The molecule has 3 rings (SSSR count). The molecule has 0 radical (unpaired) electrons. The number of benzene rings is 2. The quantitative estimate of drug-likeness (QED) is 0.515. The first-order valence-electron chi connectivity index (χ1n) is 7.56. The van der Waals surface area contributed by atoms with Gasteiger partial charge in [0.15, 0.2) is 5.57 Å². The summed E-state index contributed by atoms with van der Waals surface area (Å²) in [4.78, 5) is 24.3. The number of fused-ring (bicyclic) bond motifs is 2. The molecule has 1 heterocycles. The number of nitrogens with one attached hydrogen (secondary N) is 2. The van der Waals surface area contributed by atoms with Crippen molar-refractivity contribution in [3.05, 3.63) is 47.7 Å². The third-order valence-electron chi connectivity index (χ3n) is 3.62. The minimum atomic E-state index is -0.804. The first-order valence-corrected chi connectivity index (χ1v) is 7.56. The second kappa shape index (κ2) is 6.42. The highest BCUT2D eigenvalue weighted by molar-refractivity contribution is 6.17. The molecule has 6 nitrogen and oxygen atoms in total. The third-order valence-corrected chi connectivity index (χ3v) is 3.62. The smallest absolute Gasteiger partial charge is 0.351 e. The van der Waals surface area contributed by atoms with Crippen LogP contribution >= 0.6 is 0 Å². The van der Waals surface area contributed by atoms with Crippen LogP contribution in [0.2, 0.25) is 0 Å². The standard InChI is InChI=1S/C18H15N3O3/c1-2-7-24-18(23)13(10-19)16-17(22)21-15-9-12-6-4-3-5-11(12)8-14(15)20-16/h3-6,8-9,20H,2,7H2,1H3,(H,21,22)/b16-13-. The third kappa shape index (κ3) is 2.79. The highest BCUT2D eigenvalue weighted by Gasteiger charge is 2.27. The van der Waals surface area contributed by atoms with Gasteiger partial charge in [-0.05, 0) is 29.3 Å². The van der Waals surface area contributed by atoms with Gasteiger partial charge in [-0.25, -0.2) is 4.79 Å². The normalized spacial score (nSPS) is 14.9. The van der Waals surface area contributed by atoms with E-state index in [0.717, 1.165) is 10.8 Å². The van der Waals surface area contributed by atoms with E-state index >= 15 is 0 Å². The van der Waals surface area contributed by atoms with E-state index in [4.69, 9.17) is 4.74 Å². The van der Waals surface area contributed by atoms with Gasteiger partial charge >= 0.3 is 5.97 Å². The van der Waals surface area contributed by atoms with Crippen molar-refractivity contribution < 1.29 is 14.3 Å². The Morgan fingerprint density at radius 3 is 2.38 bits per heavy atom. The molecule has 0 atom stereocenters. The van der Waals surface area contributed by atoms with Crippen LogP contribution in [0.15, 0.2) is 47.7 Å². The topological polar surface area (TPSA) is 91.2 Å². The first kappa shape index (κ1) is 15.6. The highest BCUT2D eigenvalue weighted by Crippen LogP contribution is 2.33. The van der Waals surface area contributed by atoms with Gasteiger partial charge < -0.3 is 15.4 Å². The summed E-state index contributed by atoms with van der Waals surface area (Å²) in [5.41, 5.74) is 0.794. The van der Waals surface area contributed by atoms with Crippen LogP contribution in [-0.4, -0.2) is 18.5 Å². The molecule has 0 saturated carbocycles. The van der Waals surface area contributed by atoms with E-state index in [9.17, 15) is 14.9 Å². The molecule has 1 aliphatic heterocycles. The van der Waals surface area contributed by atoms with Crippen molar-refractivity contribution in [2.45, 2.75) is 13.3 Å². The summed E-state index contributed by atoms with van der Waals surface area (Å²) in [6, 6.07) is 13.2. The minimum absolute atomic E-state index is 0.0959. The van der Waals surface area contributed by atoms with Gasteiger partial charge in [-0.3, -0.25) is 4.79 Å². The molecule has 0 aromatic heterocycles. The number of rotatable bonds is 3. The fraction of sp³-hybridized carbons (Fsp3) is 0.167. The Labute approximate surface area is 138 Å². The summed E-state index contributed by atoms with van der Waals surface area (Å²) in [6.45, 7) is 2.04. The van der Waals surface area contributed by atoms with Crippen molar-refractivity contribution in [1.29, 1.82) is 5.26 Å². The van der Waals surface area contributed by atoms with Gasteiger partial charge in [0, 0.05) is 0 Å². The Kier molecular flexibility index (Phi) is 4.17. The van der Waals surface area contributed by atoms with Crippen LogP contribution in [0.1, 0.15) is 13.3 Å². The van der Waals surface area contributed by atoms with Crippen molar-refractivity contribution >= 4 is 34.0 Å². The van der Waals surface area contributed by atoms with Gasteiger partial charge in [0.25, 0.3) is 5.91 Å². The molecule has 2 aromatic rings. The number of anilines is 2. The summed E-state index contributed by atoms with van der Waals surface area (Å²) in [6.07, 6.45) is 0.633. The molecule has 1 amide bonds. The molecule has 0 unspecified atom stereocenters. The number of nitriles is 1. The maximum absolute atomic E-state index is 12.3. The first-order chi connectivity index (χ1) is 11.6. The van der Waals surface area contributed by atoms with E-state index < -0.39 is 11.9 Å². The lowest BCUT2D eigenvalue weighted by Gasteiger charge is -2.22. The second-order valence-corrected chi connectivity index (χ2v) is 5.32. The van der Waals surface area contributed by atoms with Crippen molar-refractivity contribution in [2.24, 2.45) is 0 Å². The summed E-state index contributed by atoms with van der Waals surface area (Å²) < 4.78 is 4.96. The Balaban J connectivity index is 2.03. The summed E-state index contributed by atoms with van der Waals surface area (Å²) >= 11 is 0.